The Hall–Kier alpha value is -0.900. The zero-order chi connectivity index (χ0) is 11.3. The fourth-order valence-electron chi connectivity index (χ4n) is 1.93. The summed E-state index contributed by atoms with van der Waals surface area (Å²) < 4.78 is 4.76. The Morgan fingerprint density at radius 2 is 2.20 bits per heavy atom. The van der Waals surface area contributed by atoms with Gasteiger partial charge in [0.25, 0.3) is 0 Å². The number of carbonyl (C=O) groups is 2. The molecule has 0 bridgehead atoms. The maximum Gasteiger partial charge on any atom is 0.313 e. The predicted octanol–water partition coefficient (Wildman–Crippen LogP) is 0.851. The van der Waals surface area contributed by atoms with Crippen molar-refractivity contribution in [3.63, 3.8) is 0 Å². The minimum absolute atomic E-state index is 0.0214. The lowest BCUT2D eigenvalue weighted by molar-refractivity contribution is -0.146. The van der Waals surface area contributed by atoms with Gasteiger partial charge in [0.05, 0.1) is 6.61 Å². The van der Waals surface area contributed by atoms with Gasteiger partial charge in [-0.25, -0.2) is 0 Å². The maximum atomic E-state index is 11.7. The zero-order valence-corrected chi connectivity index (χ0v) is 9.49. The minimum Gasteiger partial charge on any atom is -0.466 e. The number of hydrogen-bond acceptors (Lipinski definition) is 4. The van der Waals surface area contributed by atoms with Gasteiger partial charge in [-0.1, -0.05) is 0 Å². The van der Waals surface area contributed by atoms with Gasteiger partial charge in [-0.2, -0.15) is 0 Å². The molecule has 1 rings (SSSR count). The van der Waals surface area contributed by atoms with Crippen LogP contribution in [0.4, 0.5) is 0 Å². The van der Waals surface area contributed by atoms with E-state index in [2.05, 4.69) is 4.90 Å². The van der Waals surface area contributed by atoms with Crippen LogP contribution in [0.3, 0.4) is 0 Å². The van der Waals surface area contributed by atoms with Crippen molar-refractivity contribution in [2.75, 3.05) is 26.7 Å². The fraction of sp³-hybridized carbons (Fsp3) is 0.818. The summed E-state index contributed by atoms with van der Waals surface area (Å²) in [6.45, 7) is 3.91. The van der Waals surface area contributed by atoms with E-state index in [4.69, 9.17) is 4.74 Å². The first kappa shape index (κ1) is 12.2. The number of likely N-dealkylation sites (tertiary alicyclic amines) is 1. The Morgan fingerprint density at radius 1 is 1.47 bits per heavy atom. The van der Waals surface area contributed by atoms with E-state index < -0.39 is 5.97 Å². The average molecular weight is 213 g/mol. The van der Waals surface area contributed by atoms with Crippen LogP contribution in [-0.4, -0.2) is 43.4 Å². The summed E-state index contributed by atoms with van der Waals surface area (Å²) in [5, 5.41) is 0. The van der Waals surface area contributed by atoms with Crippen LogP contribution in [0.1, 0.15) is 26.2 Å². The number of carbonyl (C=O) groups excluding carboxylic acids is 2. The van der Waals surface area contributed by atoms with Crippen LogP contribution < -0.4 is 0 Å². The molecule has 0 radical (unpaired) electrons. The van der Waals surface area contributed by atoms with Gasteiger partial charge in [0.15, 0.2) is 0 Å². The summed E-state index contributed by atoms with van der Waals surface area (Å²) in [7, 11) is 2.00. The Bertz CT molecular complexity index is 240. The first-order valence-electron chi connectivity index (χ1n) is 5.50. The first-order chi connectivity index (χ1) is 7.13. The van der Waals surface area contributed by atoms with Gasteiger partial charge in [-0.3, -0.25) is 9.59 Å². The third-order valence-corrected chi connectivity index (χ3v) is 2.70. The highest BCUT2D eigenvalue weighted by atomic mass is 16.5. The second-order valence-electron chi connectivity index (χ2n) is 4.05. The van der Waals surface area contributed by atoms with Gasteiger partial charge in [-0.15, -0.1) is 0 Å². The molecule has 0 amide bonds. The van der Waals surface area contributed by atoms with Crippen molar-refractivity contribution >= 4 is 11.8 Å². The van der Waals surface area contributed by atoms with Crippen molar-refractivity contribution < 1.29 is 14.3 Å². The molecule has 0 aromatic heterocycles. The van der Waals surface area contributed by atoms with Crippen molar-refractivity contribution in [2.24, 2.45) is 5.92 Å². The van der Waals surface area contributed by atoms with Gasteiger partial charge in [-0.05, 0) is 33.4 Å². The molecule has 4 nitrogen and oxygen atoms in total. The largest absolute Gasteiger partial charge is 0.466 e. The van der Waals surface area contributed by atoms with Gasteiger partial charge in [0.1, 0.15) is 12.2 Å². The predicted molar refractivity (Wildman–Crippen MR) is 56.5 cm³/mol. The quantitative estimate of drug-likeness (QED) is 0.513. The highest BCUT2D eigenvalue weighted by Gasteiger charge is 2.25. The third-order valence-electron chi connectivity index (χ3n) is 2.70. The fourth-order valence-corrected chi connectivity index (χ4v) is 1.93. The molecule has 1 aliphatic heterocycles. The number of esters is 1. The van der Waals surface area contributed by atoms with Crippen LogP contribution in [0.25, 0.3) is 0 Å². The van der Waals surface area contributed by atoms with E-state index in [0.29, 0.717) is 6.61 Å². The smallest absolute Gasteiger partial charge is 0.313 e. The lowest BCUT2D eigenvalue weighted by Gasteiger charge is -2.28. The Balaban J connectivity index is 2.35. The normalized spacial score (nSPS) is 22.4. The summed E-state index contributed by atoms with van der Waals surface area (Å²) in [5.41, 5.74) is 0. The summed E-state index contributed by atoms with van der Waals surface area (Å²) >= 11 is 0. The first-order valence-corrected chi connectivity index (χ1v) is 5.50. The van der Waals surface area contributed by atoms with Crippen molar-refractivity contribution in [2.45, 2.75) is 26.2 Å². The van der Waals surface area contributed by atoms with E-state index in [1.807, 2.05) is 7.05 Å². The van der Waals surface area contributed by atoms with Crippen LogP contribution in [0.2, 0.25) is 0 Å². The Labute approximate surface area is 90.6 Å². The molecule has 0 aromatic rings. The Kier molecular flexibility index (Phi) is 4.75. The number of ketones is 1. The number of Topliss-reactive ketones (excluding diaryl/α,β-unsaturated/α-hetero) is 1. The molecular formula is C11H19NO3. The van der Waals surface area contributed by atoms with E-state index in [0.717, 1.165) is 25.9 Å². The number of rotatable bonds is 4. The monoisotopic (exact) mass is 213 g/mol. The molecule has 0 unspecified atom stereocenters. The zero-order valence-electron chi connectivity index (χ0n) is 9.49. The summed E-state index contributed by atoms with van der Waals surface area (Å²) in [4.78, 5) is 25.0. The van der Waals surface area contributed by atoms with E-state index in [-0.39, 0.29) is 18.1 Å². The van der Waals surface area contributed by atoms with E-state index in [1.165, 1.54) is 0 Å². The molecule has 0 saturated carbocycles. The Morgan fingerprint density at radius 3 is 2.80 bits per heavy atom. The van der Waals surface area contributed by atoms with Crippen molar-refractivity contribution in [3.05, 3.63) is 0 Å². The molecule has 1 fully saturated rings. The minimum atomic E-state index is -0.393. The molecule has 15 heavy (non-hydrogen) atoms. The third kappa shape index (κ3) is 4.00. The standard InChI is InChI=1S/C11H19NO3/c1-3-15-11(14)7-10(13)9-5-4-6-12(2)8-9/h9H,3-8H2,1-2H3/t9-/m1/s1. The topological polar surface area (TPSA) is 46.6 Å². The summed E-state index contributed by atoms with van der Waals surface area (Å²) in [6, 6.07) is 0. The van der Waals surface area contributed by atoms with Crippen molar-refractivity contribution in [3.8, 4) is 0 Å². The number of hydrogen-bond donors (Lipinski definition) is 0. The molecule has 0 N–H and O–H groups in total. The second-order valence-corrected chi connectivity index (χ2v) is 4.05. The molecule has 1 atom stereocenters. The van der Waals surface area contributed by atoms with E-state index in [9.17, 15) is 9.59 Å². The lowest BCUT2D eigenvalue weighted by atomic mass is 9.92. The van der Waals surface area contributed by atoms with Gasteiger partial charge >= 0.3 is 5.97 Å². The molecular weight excluding hydrogens is 194 g/mol. The SMILES string of the molecule is CCOC(=O)CC(=O)[C@@H]1CCCN(C)C1. The van der Waals surface area contributed by atoms with Crippen LogP contribution in [0, 0.1) is 5.92 Å². The molecule has 1 saturated heterocycles. The molecule has 1 heterocycles. The van der Waals surface area contributed by atoms with Crippen LogP contribution >= 0.6 is 0 Å². The summed E-state index contributed by atoms with van der Waals surface area (Å²) in [5.74, 6) is -0.344. The van der Waals surface area contributed by atoms with E-state index in [1.54, 1.807) is 6.92 Å². The van der Waals surface area contributed by atoms with Crippen molar-refractivity contribution in [1.29, 1.82) is 0 Å². The maximum absolute atomic E-state index is 11.7. The highest BCUT2D eigenvalue weighted by molar-refractivity contribution is 5.96. The lowest BCUT2D eigenvalue weighted by Crippen LogP contribution is -2.36. The molecule has 0 aliphatic carbocycles. The molecule has 86 valence electrons. The van der Waals surface area contributed by atoms with Crippen LogP contribution in [-0.2, 0) is 14.3 Å². The van der Waals surface area contributed by atoms with Crippen LogP contribution in [0.5, 0.6) is 0 Å². The average Bonchev–Trinajstić information content (AvgIpc) is 2.18. The highest BCUT2D eigenvalue weighted by Crippen LogP contribution is 2.17. The number of piperidine rings is 1. The molecule has 0 aromatic carbocycles. The van der Waals surface area contributed by atoms with Crippen LogP contribution in [0.15, 0.2) is 0 Å². The van der Waals surface area contributed by atoms with Gasteiger partial charge < -0.3 is 9.64 Å². The van der Waals surface area contributed by atoms with Gasteiger partial charge in [0.2, 0.25) is 0 Å². The number of nitrogens with zero attached hydrogens (tertiary/aromatic N) is 1. The molecule has 4 heteroatoms. The summed E-state index contributed by atoms with van der Waals surface area (Å²) in [6.07, 6.45) is 1.88. The second kappa shape index (κ2) is 5.85. The number of ether oxygens (including phenoxy) is 1. The molecule has 1 aliphatic rings. The van der Waals surface area contributed by atoms with Crippen molar-refractivity contribution in [1.82, 2.24) is 4.90 Å². The van der Waals surface area contributed by atoms with Gasteiger partial charge in [0, 0.05) is 12.5 Å². The van der Waals surface area contributed by atoms with E-state index >= 15 is 0 Å². The molecule has 0 spiro atoms.